The van der Waals surface area contributed by atoms with Crippen LogP contribution in [-0.4, -0.2) is 43.1 Å². The molecule has 0 radical (unpaired) electrons. The maximum Gasteiger partial charge on any atom is 0.200 e. The highest BCUT2D eigenvalue weighted by molar-refractivity contribution is 6.78. The van der Waals surface area contributed by atoms with Gasteiger partial charge in [0.15, 0.2) is 16.6 Å². The van der Waals surface area contributed by atoms with Gasteiger partial charge >= 0.3 is 0 Å². The lowest BCUT2D eigenvalue weighted by molar-refractivity contribution is 0.267. The molecule has 0 N–H and O–H groups in total. The van der Waals surface area contributed by atoms with Gasteiger partial charge in [0.05, 0.1) is 13.2 Å². The van der Waals surface area contributed by atoms with Gasteiger partial charge in [-0.05, 0) is 102 Å². The first kappa shape index (κ1) is 58.9. The number of benzene rings is 3. The van der Waals surface area contributed by atoms with E-state index in [4.69, 9.17) is 18.3 Å². The van der Waals surface area contributed by atoms with Crippen molar-refractivity contribution >= 4 is 16.6 Å². The molecule has 0 aliphatic carbocycles. The lowest BCUT2D eigenvalue weighted by Crippen LogP contribution is -2.47. The average molecular weight is 958 g/mol. The summed E-state index contributed by atoms with van der Waals surface area (Å²) in [4.78, 5) is 0. The van der Waals surface area contributed by atoms with Crippen molar-refractivity contribution in [1.29, 1.82) is 0 Å². The fourth-order valence-corrected chi connectivity index (χ4v) is 22.8. The number of hydrogen-bond donors (Lipinski definition) is 0. The second-order valence-electron chi connectivity index (χ2n) is 22.4. The summed E-state index contributed by atoms with van der Waals surface area (Å²) in [5.41, 5.74) is 10.4. The van der Waals surface area contributed by atoms with Gasteiger partial charge < -0.3 is 18.3 Å². The van der Waals surface area contributed by atoms with Crippen LogP contribution in [0, 0.1) is 13.8 Å². The SMILES string of the molecule is Cc1ccc(C(c2ccc(C)cc2)c2cc(OCCCCCCCCCCCO[Si](C(C)C)(C(C)C)C(C)C)cc(OCCCCCCCCCCCO[Si](C(C)C)(C(C)C)C(C)C)c2)cc1. The summed E-state index contributed by atoms with van der Waals surface area (Å²) >= 11 is 0. The number of aryl methyl sites for hydroxylation is 2. The molecule has 0 aromatic heterocycles. The molecule has 0 saturated heterocycles. The number of ether oxygens (including phenoxy) is 2. The van der Waals surface area contributed by atoms with Gasteiger partial charge in [0.2, 0.25) is 0 Å². The molecule has 6 heteroatoms. The third kappa shape index (κ3) is 19.4. The standard InChI is InChI=1S/C61H104O4Si2/c1-48(2)66(49(3)4,50(5)6)64-43-31-27-23-19-15-17-21-25-29-41-62-59-45-58(61(56-37-33-54(13)34-38-56)57-39-35-55(14)36-40-57)46-60(47-59)63-42-30-26-22-18-16-20-24-28-32-44-65-67(51(7)8,52(9)10)53(11)12/h33-40,45-53,61H,15-32,41-44H2,1-14H3. The predicted octanol–water partition coefficient (Wildman–Crippen LogP) is 19.6. The molecule has 380 valence electrons. The van der Waals surface area contributed by atoms with Crippen LogP contribution in [0.5, 0.6) is 11.5 Å². The first-order chi connectivity index (χ1) is 32.1. The minimum Gasteiger partial charge on any atom is -0.493 e. The van der Waals surface area contributed by atoms with Gasteiger partial charge in [0.25, 0.3) is 0 Å². The second-order valence-corrected chi connectivity index (χ2v) is 33.3. The van der Waals surface area contributed by atoms with Crippen molar-refractivity contribution in [1.82, 2.24) is 0 Å². The molecule has 0 amide bonds. The Balaban J connectivity index is 1.46. The van der Waals surface area contributed by atoms with Crippen molar-refractivity contribution in [3.05, 3.63) is 94.5 Å². The van der Waals surface area contributed by atoms with Crippen LogP contribution < -0.4 is 9.47 Å². The lowest BCUT2D eigenvalue weighted by atomic mass is 9.84. The Hall–Kier alpha value is -2.39. The Bertz CT molecular complexity index is 1550. The summed E-state index contributed by atoms with van der Waals surface area (Å²) in [6.07, 6.45) is 22.8. The number of hydrogen-bond acceptors (Lipinski definition) is 4. The van der Waals surface area contributed by atoms with Crippen LogP contribution in [0.1, 0.15) is 232 Å². The second kappa shape index (κ2) is 31.8. The van der Waals surface area contributed by atoms with E-state index in [0.717, 1.165) is 50.8 Å². The van der Waals surface area contributed by atoms with Crippen molar-refractivity contribution in [2.75, 3.05) is 26.4 Å². The zero-order valence-corrected chi connectivity index (χ0v) is 48.1. The fraction of sp³-hybridized carbons (Fsp3) is 0.705. The van der Waals surface area contributed by atoms with Crippen LogP contribution >= 0.6 is 0 Å². The van der Waals surface area contributed by atoms with Crippen LogP contribution in [0.25, 0.3) is 0 Å². The third-order valence-electron chi connectivity index (χ3n) is 15.3. The van der Waals surface area contributed by atoms with Crippen molar-refractivity contribution in [3.8, 4) is 11.5 Å². The molecular formula is C61H104O4Si2. The molecule has 0 heterocycles. The van der Waals surface area contributed by atoms with Crippen LogP contribution in [0.4, 0.5) is 0 Å². The Kier molecular flexibility index (Phi) is 27.9. The van der Waals surface area contributed by atoms with Crippen LogP contribution in [0.15, 0.2) is 66.7 Å². The van der Waals surface area contributed by atoms with Gasteiger partial charge in [0.1, 0.15) is 11.5 Å². The van der Waals surface area contributed by atoms with E-state index >= 15 is 0 Å². The topological polar surface area (TPSA) is 36.9 Å². The molecule has 0 saturated carbocycles. The molecule has 0 atom stereocenters. The van der Waals surface area contributed by atoms with Crippen molar-refractivity contribution < 1.29 is 18.3 Å². The molecule has 4 nitrogen and oxygen atoms in total. The van der Waals surface area contributed by atoms with E-state index in [1.54, 1.807) is 0 Å². The Morgan fingerprint density at radius 1 is 0.313 bits per heavy atom. The van der Waals surface area contributed by atoms with Gasteiger partial charge in [-0.15, -0.1) is 0 Å². The molecule has 0 aliphatic heterocycles. The maximum absolute atomic E-state index is 6.79. The Morgan fingerprint density at radius 2 is 0.567 bits per heavy atom. The molecule has 3 aromatic rings. The summed E-state index contributed by atoms with van der Waals surface area (Å²) in [5.74, 6) is 1.94. The van der Waals surface area contributed by atoms with Crippen LogP contribution in [0.2, 0.25) is 33.2 Å². The largest absolute Gasteiger partial charge is 0.493 e. The fourth-order valence-electron chi connectivity index (χ4n) is 11.8. The summed E-state index contributed by atoms with van der Waals surface area (Å²) in [6.45, 7) is 36.4. The van der Waals surface area contributed by atoms with Crippen molar-refractivity contribution in [2.45, 2.75) is 252 Å². The molecule has 67 heavy (non-hydrogen) atoms. The quantitative estimate of drug-likeness (QED) is 0.0328. The van der Waals surface area contributed by atoms with Crippen LogP contribution in [0.3, 0.4) is 0 Å². The Morgan fingerprint density at radius 3 is 0.836 bits per heavy atom. The minimum atomic E-state index is -1.73. The monoisotopic (exact) mass is 957 g/mol. The van der Waals surface area contributed by atoms with Gasteiger partial charge in [-0.2, -0.15) is 0 Å². The van der Waals surface area contributed by atoms with E-state index in [2.05, 4.69) is 164 Å². The molecule has 0 aliphatic rings. The molecule has 0 bridgehead atoms. The smallest absolute Gasteiger partial charge is 0.200 e. The first-order valence-electron chi connectivity index (χ1n) is 27.9. The predicted molar refractivity (Wildman–Crippen MR) is 298 cm³/mol. The van der Waals surface area contributed by atoms with Crippen LogP contribution in [-0.2, 0) is 8.85 Å². The minimum absolute atomic E-state index is 0.0956. The van der Waals surface area contributed by atoms with Crippen molar-refractivity contribution in [2.24, 2.45) is 0 Å². The summed E-state index contributed by atoms with van der Waals surface area (Å²) in [5, 5.41) is 0. The zero-order chi connectivity index (χ0) is 49.2. The van der Waals surface area contributed by atoms with E-state index in [1.165, 1.54) is 131 Å². The van der Waals surface area contributed by atoms with E-state index in [9.17, 15) is 0 Å². The Labute approximate surface area is 417 Å². The number of rotatable bonds is 37. The number of unbranched alkanes of at least 4 members (excludes halogenated alkanes) is 16. The van der Waals surface area contributed by atoms with E-state index in [0.29, 0.717) is 33.2 Å². The summed E-state index contributed by atoms with van der Waals surface area (Å²) in [6, 6.07) is 24.7. The summed E-state index contributed by atoms with van der Waals surface area (Å²) < 4.78 is 26.7. The highest BCUT2D eigenvalue weighted by Gasteiger charge is 2.45. The molecule has 3 rings (SSSR count). The van der Waals surface area contributed by atoms with Gasteiger partial charge in [-0.1, -0.05) is 233 Å². The third-order valence-corrected chi connectivity index (χ3v) is 27.5. The first-order valence-corrected chi connectivity index (χ1v) is 32.2. The highest BCUT2D eigenvalue weighted by Crippen LogP contribution is 2.44. The normalized spacial score (nSPS) is 12.6. The molecule has 0 unspecified atom stereocenters. The van der Waals surface area contributed by atoms with Gasteiger partial charge in [-0.25, -0.2) is 0 Å². The molecule has 3 aromatic carbocycles. The summed E-state index contributed by atoms with van der Waals surface area (Å²) in [7, 11) is -3.47. The van der Waals surface area contributed by atoms with Gasteiger partial charge in [0, 0.05) is 25.2 Å². The van der Waals surface area contributed by atoms with E-state index in [-0.39, 0.29) is 5.92 Å². The average Bonchev–Trinajstić information content (AvgIpc) is 3.27. The molecule has 0 spiro atoms. The maximum atomic E-state index is 6.79. The van der Waals surface area contributed by atoms with Gasteiger partial charge in [-0.3, -0.25) is 0 Å². The molecule has 0 fully saturated rings. The molecular weight excluding hydrogens is 853 g/mol. The highest BCUT2D eigenvalue weighted by atomic mass is 28.4. The van der Waals surface area contributed by atoms with E-state index < -0.39 is 16.6 Å². The van der Waals surface area contributed by atoms with Crippen molar-refractivity contribution in [3.63, 3.8) is 0 Å². The zero-order valence-electron chi connectivity index (χ0n) is 46.1. The lowest BCUT2D eigenvalue weighted by Gasteiger charge is -2.42. The van der Waals surface area contributed by atoms with E-state index in [1.807, 2.05) is 0 Å².